The zero-order chi connectivity index (χ0) is 16.0. The van der Waals surface area contributed by atoms with E-state index in [0.29, 0.717) is 12.1 Å². The van der Waals surface area contributed by atoms with Gasteiger partial charge in [-0.25, -0.2) is 8.78 Å². The van der Waals surface area contributed by atoms with Crippen molar-refractivity contribution in [3.05, 3.63) is 33.9 Å². The summed E-state index contributed by atoms with van der Waals surface area (Å²) in [7, 11) is 0. The Hall–Kier alpha value is -1.90. The van der Waals surface area contributed by atoms with Crippen LogP contribution in [0.4, 0.5) is 28.9 Å². The van der Waals surface area contributed by atoms with Crippen LogP contribution in [0, 0.1) is 10.1 Å². The van der Waals surface area contributed by atoms with E-state index in [4.69, 9.17) is 0 Å². The van der Waals surface area contributed by atoms with Crippen LogP contribution in [-0.4, -0.2) is 30.4 Å². The van der Waals surface area contributed by atoms with E-state index in [-0.39, 0.29) is 18.0 Å². The van der Waals surface area contributed by atoms with E-state index >= 15 is 0 Å². The Morgan fingerprint density at radius 3 is 2.62 bits per heavy atom. The second kappa shape index (κ2) is 7.21. The number of ether oxygens (including phenoxy) is 1. The number of alkyl halides is 4. The number of nitro groups is 1. The van der Waals surface area contributed by atoms with Crippen molar-refractivity contribution in [2.45, 2.75) is 25.9 Å². The number of nitrogens with one attached hydrogen (secondary N) is 1. The third-order valence-corrected chi connectivity index (χ3v) is 2.51. The maximum atomic E-state index is 12.6. The van der Waals surface area contributed by atoms with Crippen molar-refractivity contribution >= 4 is 11.4 Å². The molecule has 0 spiro atoms. The molecule has 0 heterocycles. The van der Waals surface area contributed by atoms with Crippen molar-refractivity contribution < 1.29 is 27.2 Å². The normalized spacial score (nSPS) is 11.7. The number of anilines is 1. The van der Waals surface area contributed by atoms with Gasteiger partial charge in [-0.15, -0.1) is 0 Å². The Kier molecular flexibility index (Phi) is 5.89. The van der Waals surface area contributed by atoms with Gasteiger partial charge in [0.15, 0.2) is 0 Å². The molecule has 0 atom stereocenters. The summed E-state index contributed by atoms with van der Waals surface area (Å²) in [5.74, 6) is -4.22. The molecule has 1 rings (SSSR count). The Balaban J connectivity index is 2.72. The minimum absolute atomic E-state index is 0.168. The van der Waals surface area contributed by atoms with E-state index in [1.54, 1.807) is 6.92 Å². The molecule has 0 unspecified atom stereocenters. The predicted molar refractivity (Wildman–Crippen MR) is 67.9 cm³/mol. The van der Waals surface area contributed by atoms with Crippen molar-refractivity contribution in [3.8, 4) is 0 Å². The SMILES string of the molecule is CCNc1cc(COCC(F)(F)C(F)F)ccc1[N+](=O)[O-]. The molecule has 21 heavy (non-hydrogen) atoms. The summed E-state index contributed by atoms with van der Waals surface area (Å²) in [6.45, 7) is 0.390. The van der Waals surface area contributed by atoms with Gasteiger partial charge in [0.05, 0.1) is 11.5 Å². The van der Waals surface area contributed by atoms with Crippen LogP contribution in [0.1, 0.15) is 12.5 Å². The third-order valence-electron chi connectivity index (χ3n) is 2.51. The van der Waals surface area contributed by atoms with Crippen LogP contribution in [0.3, 0.4) is 0 Å². The average Bonchev–Trinajstić information content (AvgIpc) is 2.38. The highest BCUT2D eigenvalue weighted by Gasteiger charge is 2.40. The lowest BCUT2D eigenvalue weighted by Crippen LogP contribution is -2.32. The molecule has 5 nitrogen and oxygen atoms in total. The van der Waals surface area contributed by atoms with Crippen LogP contribution in [-0.2, 0) is 11.3 Å². The molecule has 0 fully saturated rings. The van der Waals surface area contributed by atoms with Gasteiger partial charge in [0.1, 0.15) is 12.3 Å². The Morgan fingerprint density at radius 2 is 2.10 bits per heavy atom. The summed E-state index contributed by atoms with van der Waals surface area (Å²) < 4.78 is 53.7. The van der Waals surface area contributed by atoms with Gasteiger partial charge in [-0.3, -0.25) is 10.1 Å². The van der Waals surface area contributed by atoms with E-state index in [1.807, 2.05) is 0 Å². The predicted octanol–water partition coefficient (Wildman–Crippen LogP) is 3.44. The van der Waals surface area contributed by atoms with Gasteiger partial charge in [-0.05, 0) is 24.6 Å². The molecule has 0 aliphatic rings. The highest BCUT2D eigenvalue weighted by molar-refractivity contribution is 5.62. The molecule has 0 aliphatic heterocycles. The van der Waals surface area contributed by atoms with Crippen molar-refractivity contribution in [3.63, 3.8) is 0 Å². The molecule has 0 saturated heterocycles. The lowest BCUT2D eigenvalue weighted by Gasteiger charge is -2.15. The van der Waals surface area contributed by atoms with E-state index in [2.05, 4.69) is 10.1 Å². The number of hydrogen-bond donors (Lipinski definition) is 1. The van der Waals surface area contributed by atoms with E-state index in [9.17, 15) is 27.7 Å². The molecule has 0 aliphatic carbocycles. The Labute approximate surface area is 118 Å². The topological polar surface area (TPSA) is 64.4 Å². The molecule has 1 aromatic rings. The molecule has 9 heteroatoms. The summed E-state index contributed by atoms with van der Waals surface area (Å²) in [6.07, 6.45) is -3.80. The summed E-state index contributed by atoms with van der Waals surface area (Å²) in [5.41, 5.74) is 0.407. The number of hydrogen-bond acceptors (Lipinski definition) is 4. The quantitative estimate of drug-likeness (QED) is 0.454. The summed E-state index contributed by atoms with van der Waals surface area (Å²) >= 11 is 0. The Morgan fingerprint density at radius 1 is 1.43 bits per heavy atom. The van der Waals surface area contributed by atoms with E-state index < -0.39 is 23.9 Å². The number of benzene rings is 1. The van der Waals surface area contributed by atoms with Gasteiger partial charge < -0.3 is 10.1 Å². The number of nitrogens with zero attached hydrogens (tertiary/aromatic N) is 1. The minimum Gasteiger partial charge on any atom is -0.380 e. The molecular weight excluding hydrogens is 296 g/mol. The van der Waals surface area contributed by atoms with Crippen LogP contribution in [0.15, 0.2) is 18.2 Å². The van der Waals surface area contributed by atoms with Gasteiger partial charge in [-0.1, -0.05) is 0 Å². The molecule has 0 amide bonds. The first kappa shape index (κ1) is 17.2. The molecule has 0 saturated carbocycles. The standard InChI is InChI=1S/C12H14F4N2O3/c1-2-17-9-5-8(3-4-10(9)18(19)20)6-21-7-12(15,16)11(13)14/h3-5,11,17H,2,6-7H2,1H3. The zero-order valence-corrected chi connectivity index (χ0v) is 11.1. The maximum Gasteiger partial charge on any atom is 0.330 e. The van der Waals surface area contributed by atoms with E-state index in [1.165, 1.54) is 18.2 Å². The van der Waals surface area contributed by atoms with Gasteiger partial charge in [0, 0.05) is 12.6 Å². The highest BCUT2D eigenvalue weighted by Crippen LogP contribution is 2.27. The van der Waals surface area contributed by atoms with Crippen LogP contribution in [0.5, 0.6) is 0 Å². The maximum absolute atomic E-state index is 12.6. The van der Waals surface area contributed by atoms with Crippen LogP contribution in [0.2, 0.25) is 0 Å². The van der Waals surface area contributed by atoms with Gasteiger partial charge in [0.2, 0.25) is 0 Å². The molecular formula is C12H14F4N2O3. The number of rotatable bonds is 8. The monoisotopic (exact) mass is 310 g/mol. The van der Waals surface area contributed by atoms with Gasteiger partial charge in [-0.2, -0.15) is 8.78 Å². The fraction of sp³-hybridized carbons (Fsp3) is 0.500. The highest BCUT2D eigenvalue weighted by atomic mass is 19.3. The minimum atomic E-state index is -4.22. The summed E-state index contributed by atoms with van der Waals surface area (Å²) in [6, 6.07) is 3.88. The van der Waals surface area contributed by atoms with Gasteiger partial charge >= 0.3 is 12.3 Å². The van der Waals surface area contributed by atoms with Crippen molar-refractivity contribution in [2.24, 2.45) is 0 Å². The summed E-state index contributed by atoms with van der Waals surface area (Å²) in [5, 5.41) is 13.5. The fourth-order valence-electron chi connectivity index (χ4n) is 1.53. The number of halogens is 4. The van der Waals surface area contributed by atoms with E-state index in [0.717, 1.165) is 0 Å². The third kappa shape index (κ3) is 4.85. The molecule has 0 bridgehead atoms. The lowest BCUT2D eigenvalue weighted by molar-refractivity contribution is -0.384. The second-order valence-corrected chi connectivity index (χ2v) is 4.19. The van der Waals surface area contributed by atoms with Crippen molar-refractivity contribution in [2.75, 3.05) is 18.5 Å². The molecule has 1 aromatic carbocycles. The Bertz CT molecular complexity index is 497. The average molecular weight is 310 g/mol. The zero-order valence-electron chi connectivity index (χ0n) is 11.1. The van der Waals surface area contributed by atoms with Crippen LogP contribution >= 0.6 is 0 Å². The van der Waals surface area contributed by atoms with Crippen molar-refractivity contribution in [1.82, 2.24) is 0 Å². The summed E-state index contributed by atoms with van der Waals surface area (Å²) in [4.78, 5) is 10.2. The fourth-order valence-corrected chi connectivity index (χ4v) is 1.53. The molecule has 1 N–H and O–H groups in total. The van der Waals surface area contributed by atoms with Crippen molar-refractivity contribution in [1.29, 1.82) is 0 Å². The first-order valence-electron chi connectivity index (χ1n) is 6.02. The smallest absolute Gasteiger partial charge is 0.330 e. The van der Waals surface area contributed by atoms with Crippen LogP contribution < -0.4 is 5.32 Å². The molecule has 0 radical (unpaired) electrons. The first-order chi connectivity index (χ1) is 9.77. The number of nitro benzene ring substituents is 1. The second-order valence-electron chi connectivity index (χ2n) is 4.19. The largest absolute Gasteiger partial charge is 0.380 e. The first-order valence-corrected chi connectivity index (χ1v) is 6.02. The lowest BCUT2D eigenvalue weighted by atomic mass is 10.2. The molecule has 118 valence electrons. The van der Waals surface area contributed by atoms with Gasteiger partial charge in [0.25, 0.3) is 5.69 Å². The van der Waals surface area contributed by atoms with Crippen LogP contribution in [0.25, 0.3) is 0 Å². The molecule has 0 aromatic heterocycles.